The Balaban J connectivity index is 1.35. The zero-order valence-corrected chi connectivity index (χ0v) is 40.7. The summed E-state index contributed by atoms with van der Waals surface area (Å²) in [5, 5.41) is 1.18. The molecule has 62 heavy (non-hydrogen) atoms. The van der Waals surface area contributed by atoms with E-state index in [-0.39, 0.29) is 39.2 Å². The van der Waals surface area contributed by atoms with Crippen LogP contribution < -0.4 is 26.4 Å². The van der Waals surface area contributed by atoms with E-state index in [1.807, 2.05) is 0 Å². The number of benzene rings is 5. The summed E-state index contributed by atoms with van der Waals surface area (Å²) in [6.45, 7) is 38.2. The molecule has 0 fully saturated rings. The highest BCUT2D eigenvalue weighted by Gasteiger charge is 2.51. The van der Waals surface area contributed by atoms with Crippen molar-refractivity contribution in [3.63, 3.8) is 0 Å². The highest BCUT2D eigenvalue weighted by atomic mass is 16.3. The molecule has 5 aromatic carbocycles. The lowest BCUT2D eigenvalue weighted by Crippen LogP contribution is -2.61. The fourth-order valence-electron chi connectivity index (χ4n) is 11.9. The van der Waals surface area contributed by atoms with Crippen LogP contribution in [0.15, 0.2) is 83.3 Å². The van der Waals surface area contributed by atoms with Gasteiger partial charge < -0.3 is 14.2 Å². The van der Waals surface area contributed by atoms with Gasteiger partial charge in [-0.05, 0) is 170 Å². The Kier molecular flexibility index (Phi) is 8.63. The van der Waals surface area contributed by atoms with E-state index >= 15 is 0 Å². The van der Waals surface area contributed by atoms with Crippen LogP contribution in [0.25, 0.3) is 11.0 Å². The minimum absolute atomic E-state index is 0.0160. The van der Waals surface area contributed by atoms with Gasteiger partial charge in [0.2, 0.25) is 0 Å². The van der Waals surface area contributed by atoms with Crippen LogP contribution >= 0.6 is 0 Å². The van der Waals surface area contributed by atoms with E-state index < -0.39 is 0 Å². The molecule has 0 N–H and O–H groups in total. The second-order valence-corrected chi connectivity index (χ2v) is 24.5. The highest BCUT2D eigenvalue weighted by Crippen LogP contribution is 2.56. The second kappa shape index (κ2) is 13.0. The number of anilines is 6. The third kappa shape index (κ3) is 5.97. The monoisotopic (exact) mass is 821 g/mol. The van der Waals surface area contributed by atoms with Crippen LogP contribution in [-0.4, -0.2) is 6.71 Å². The third-order valence-electron chi connectivity index (χ3n) is 16.0. The maximum absolute atomic E-state index is 7.41. The summed E-state index contributed by atoms with van der Waals surface area (Å²) >= 11 is 0. The van der Waals surface area contributed by atoms with Crippen LogP contribution in [0.3, 0.4) is 0 Å². The van der Waals surface area contributed by atoms with Gasteiger partial charge in [0.1, 0.15) is 5.58 Å². The van der Waals surface area contributed by atoms with Crippen molar-refractivity contribution in [2.45, 2.75) is 169 Å². The smallest absolute Gasteiger partial charge is 0.297 e. The van der Waals surface area contributed by atoms with Gasteiger partial charge in [0.05, 0.1) is 11.3 Å². The summed E-state index contributed by atoms with van der Waals surface area (Å²) in [6.07, 6.45) is 4.69. The molecule has 6 aromatic rings. The number of aryl methyl sites for hydroxylation is 2. The first-order valence-electron chi connectivity index (χ1n) is 23.6. The number of hydrogen-bond acceptors (Lipinski definition) is 3. The number of fused-ring (bicyclic) bond motifs is 9. The van der Waals surface area contributed by atoms with Crippen molar-refractivity contribution in [3.8, 4) is 0 Å². The average molecular weight is 821 g/mol. The van der Waals surface area contributed by atoms with Crippen LogP contribution in [0.4, 0.5) is 34.1 Å². The lowest BCUT2D eigenvalue weighted by atomic mass is 9.35. The Labute approximate surface area is 373 Å². The van der Waals surface area contributed by atoms with Crippen LogP contribution in [0.1, 0.15) is 167 Å². The number of rotatable bonds is 2. The summed E-state index contributed by atoms with van der Waals surface area (Å²) in [6, 6.07) is 31.6. The van der Waals surface area contributed by atoms with Crippen molar-refractivity contribution >= 4 is 68.4 Å². The topological polar surface area (TPSA) is 19.6 Å². The lowest BCUT2D eigenvalue weighted by molar-refractivity contribution is 0.331. The summed E-state index contributed by atoms with van der Waals surface area (Å²) in [7, 11) is 0. The third-order valence-corrected chi connectivity index (χ3v) is 16.0. The maximum Gasteiger partial charge on any atom is 0.297 e. The molecule has 10 rings (SSSR count). The number of furan rings is 1. The molecule has 0 amide bonds. The Bertz CT molecular complexity index is 2870. The number of hydrogen-bond donors (Lipinski definition) is 0. The maximum atomic E-state index is 7.41. The molecule has 3 heterocycles. The van der Waals surface area contributed by atoms with Gasteiger partial charge >= 0.3 is 0 Å². The molecule has 1 aromatic heterocycles. The zero-order chi connectivity index (χ0) is 44.4. The second-order valence-electron chi connectivity index (χ2n) is 24.5. The summed E-state index contributed by atoms with van der Waals surface area (Å²) in [5.74, 6) is 0. The minimum atomic E-state index is -0.0862. The molecule has 0 atom stereocenters. The largest absolute Gasteiger partial charge is 0.468 e. The Morgan fingerprint density at radius 2 is 1.10 bits per heavy atom. The van der Waals surface area contributed by atoms with Crippen molar-refractivity contribution in [2.24, 2.45) is 0 Å². The van der Waals surface area contributed by atoms with Crippen LogP contribution in [0.2, 0.25) is 0 Å². The van der Waals surface area contributed by atoms with Crippen molar-refractivity contribution in [1.82, 2.24) is 0 Å². The van der Waals surface area contributed by atoms with E-state index in [0.29, 0.717) is 0 Å². The Hall–Kier alpha value is -4.70. The highest BCUT2D eigenvalue weighted by molar-refractivity contribution is 7.00. The molecular weight excluding hydrogens is 751 g/mol. The van der Waals surface area contributed by atoms with Gasteiger partial charge in [0.25, 0.3) is 6.71 Å². The van der Waals surface area contributed by atoms with Gasteiger partial charge in [-0.3, -0.25) is 0 Å². The summed E-state index contributed by atoms with van der Waals surface area (Å²) in [5.41, 5.74) is 23.6. The van der Waals surface area contributed by atoms with Crippen molar-refractivity contribution < 1.29 is 4.42 Å². The van der Waals surface area contributed by atoms with Gasteiger partial charge in [-0.1, -0.05) is 133 Å². The SMILES string of the molecule is Cc1cc2c3c(c1)N(c1ccc(C(C)(C)C)cc1C)c1c(oc4ccc(C(C)(C)C)cc14)B3c1ccc3c(c1N2c1ccc2c(c1)C(C)(C)CCC2(C)C)C(C)(C)CCC3(C)C. The molecule has 0 radical (unpaired) electrons. The molecule has 4 heteroatoms. The van der Waals surface area contributed by atoms with Crippen molar-refractivity contribution in [3.05, 3.63) is 123 Å². The molecule has 3 nitrogen and oxygen atoms in total. The van der Waals surface area contributed by atoms with E-state index in [2.05, 4.69) is 199 Å². The van der Waals surface area contributed by atoms with E-state index in [9.17, 15) is 0 Å². The van der Waals surface area contributed by atoms with E-state index in [1.165, 1.54) is 114 Å². The van der Waals surface area contributed by atoms with Crippen LogP contribution in [0.5, 0.6) is 0 Å². The van der Waals surface area contributed by atoms with Crippen molar-refractivity contribution in [2.75, 3.05) is 9.80 Å². The van der Waals surface area contributed by atoms with Gasteiger partial charge in [0.15, 0.2) is 0 Å². The molecule has 4 aliphatic rings. The average Bonchev–Trinajstić information content (AvgIpc) is 3.56. The Morgan fingerprint density at radius 1 is 0.532 bits per heavy atom. The molecule has 0 bridgehead atoms. The van der Waals surface area contributed by atoms with Gasteiger partial charge in [-0.25, -0.2) is 0 Å². The molecule has 0 saturated carbocycles. The predicted molar refractivity (Wildman–Crippen MR) is 268 cm³/mol. The molecule has 2 aliphatic heterocycles. The molecule has 320 valence electrons. The standard InChI is InChI=1S/C58H69BN2O/c1-34-29-45-49-46(30-34)61(44-23-17-36(31-35(44)2)53(3,4)5)50-39-32-37(54(6,7)8)18-24-47(39)62-52(50)59(49)43-22-21-41-48(58(15,16)28-27-56(41,11)12)51(43)60(45)38-19-20-40-42(33-38)57(13,14)26-25-55(40,9)10/h17-24,29-33H,25-28H2,1-16H3. The quantitative estimate of drug-likeness (QED) is 0.162. The first-order chi connectivity index (χ1) is 28.8. The van der Waals surface area contributed by atoms with Crippen LogP contribution in [-0.2, 0) is 32.5 Å². The lowest BCUT2D eigenvalue weighted by Gasteiger charge is -2.49. The van der Waals surface area contributed by atoms with Crippen LogP contribution in [0, 0.1) is 13.8 Å². The molecule has 0 unspecified atom stereocenters. The molecule has 0 saturated heterocycles. The first-order valence-corrected chi connectivity index (χ1v) is 23.6. The molecular formula is C58H69BN2O. The van der Waals surface area contributed by atoms with Gasteiger partial charge in [-0.15, -0.1) is 0 Å². The number of nitrogens with zero attached hydrogens (tertiary/aromatic N) is 2. The Morgan fingerprint density at radius 3 is 1.74 bits per heavy atom. The first kappa shape index (κ1) is 41.3. The van der Waals surface area contributed by atoms with Gasteiger partial charge in [-0.2, -0.15) is 0 Å². The fourth-order valence-corrected chi connectivity index (χ4v) is 11.9. The van der Waals surface area contributed by atoms with Crippen molar-refractivity contribution in [1.29, 1.82) is 0 Å². The van der Waals surface area contributed by atoms with E-state index in [0.717, 1.165) is 17.7 Å². The summed E-state index contributed by atoms with van der Waals surface area (Å²) in [4.78, 5) is 5.31. The zero-order valence-electron chi connectivity index (χ0n) is 40.7. The molecule has 2 aliphatic carbocycles. The normalized spacial score (nSPS) is 19.1. The molecule has 0 spiro atoms. The van der Waals surface area contributed by atoms with Gasteiger partial charge in [0, 0.05) is 33.8 Å². The fraction of sp³-hybridized carbons (Fsp3) is 0.448. The van der Waals surface area contributed by atoms with E-state index in [1.54, 1.807) is 0 Å². The van der Waals surface area contributed by atoms with E-state index in [4.69, 9.17) is 4.42 Å². The summed E-state index contributed by atoms with van der Waals surface area (Å²) < 4.78 is 7.41. The minimum Gasteiger partial charge on any atom is -0.468 e. The predicted octanol–water partition coefficient (Wildman–Crippen LogP) is 14.4.